The number of amides is 1. The zero-order valence-electron chi connectivity index (χ0n) is 14.2. The Morgan fingerprint density at radius 3 is 2.00 bits per heavy atom. The lowest BCUT2D eigenvalue weighted by molar-refractivity contribution is -0.109. The van der Waals surface area contributed by atoms with Crippen LogP contribution in [-0.4, -0.2) is 36.8 Å². The van der Waals surface area contributed by atoms with Gasteiger partial charge in [0, 0.05) is 18.7 Å². The van der Waals surface area contributed by atoms with Gasteiger partial charge in [0.15, 0.2) is 6.29 Å². The van der Waals surface area contributed by atoms with E-state index < -0.39 is 0 Å². The number of carbonyl (C=O) groups is 2. The Hall–Kier alpha value is -2.62. The van der Waals surface area contributed by atoms with Crippen molar-refractivity contribution in [3.63, 3.8) is 0 Å². The lowest BCUT2D eigenvalue weighted by atomic mass is 10.0. The standard InChI is InChI=1S/C20H23NO3/c1-3-21(4-2)20(23)18-9-5-16(6-10-18)15-17-7-11-19(12-8-17)24-14-13-22/h5-13H,3-4,14-15H2,1-2H3. The first kappa shape index (κ1) is 17.7. The Labute approximate surface area is 143 Å². The van der Waals surface area contributed by atoms with Crippen molar-refractivity contribution in [1.82, 2.24) is 4.90 Å². The third-order valence-electron chi connectivity index (χ3n) is 3.90. The maximum atomic E-state index is 12.3. The Kier molecular flexibility index (Phi) is 6.55. The molecular weight excluding hydrogens is 302 g/mol. The van der Waals surface area contributed by atoms with Crippen molar-refractivity contribution < 1.29 is 14.3 Å². The first-order valence-electron chi connectivity index (χ1n) is 8.21. The number of ether oxygens (including phenoxy) is 1. The van der Waals surface area contributed by atoms with Crippen molar-refractivity contribution in [2.24, 2.45) is 0 Å². The predicted molar refractivity (Wildman–Crippen MR) is 94.5 cm³/mol. The van der Waals surface area contributed by atoms with E-state index in [9.17, 15) is 9.59 Å². The molecule has 0 fully saturated rings. The summed E-state index contributed by atoms with van der Waals surface area (Å²) in [6, 6.07) is 15.4. The summed E-state index contributed by atoms with van der Waals surface area (Å²) < 4.78 is 5.24. The molecular formula is C20H23NO3. The molecule has 0 radical (unpaired) electrons. The molecule has 2 aromatic carbocycles. The van der Waals surface area contributed by atoms with Gasteiger partial charge < -0.3 is 9.64 Å². The number of rotatable bonds is 8. The maximum absolute atomic E-state index is 12.3. The predicted octanol–water partition coefficient (Wildman–Crippen LogP) is 3.34. The van der Waals surface area contributed by atoms with Gasteiger partial charge in [-0.2, -0.15) is 0 Å². The Bertz CT molecular complexity index is 658. The van der Waals surface area contributed by atoms with E-state index in [2.05, 4.69) is 0 Å². The summed E-state index contributed by atoms with van der Waals surface area (Å²) in [4.78, 5) is 24.4. The van der Waals surface area contributed by atoms with Gasteiger partial charge >= 0.3 is 0 Å². The van der Waals surface area contributed by atoms with Gasteiger partial charge in [-0.15, -0.1) is 0 Å². The Morgan fingerprint density at radius 1 is 0.958 bits per heavy atom. The molecule has 126 valence electrons. The largest absolute Gasteiger partial charge is 0.486 e. The number of hydrogen-bond donors (Lipinski definition) is 0. The minimum atomic E-state index is 0.0708. The minimum Gasteiger partial charge on any atom is -0.486 e. The van der Waals surface area contributed by atoms with E-state index in [4.69, 9.17) is 4.74 Å². The van der Waals surface area contributed by atoms with Crippen molar-refractivity contribution in [3.05, 3.63) is 65.2 Å². The summed E-state index contributed by atoms with van der Waals surface area (Å²) in [5.74, 6) is 0.759. The quantitative estimate of drug-likeness (QED) is 0.699. The highest BCUT2D eigenvalue weighted by Crippen LogP contribution is 2.16. The fourth-order valence-corrected chi connectivity index (χ4v) is 2.53. The molecule has 24 heavy (non-hydrogen) atoms. The van der Waals surface area contributed by atoms with Crippen LogP contribution in [0.3, 0.4) is 0 Å². The number of carbonyl (C=O) groups excluding carboxylic acids is 2. The highest BCUT2D eigenvalue weighted by atomic mass is 16.5. The molecule has 0 aliphatic heterocycles. The van der Waals surface area contributed by atoms with Gasteiger partial charge in [-0.25, -0.2) is 0 Å². The summed E-state index contributed by atoms with van der Waals surface area (Å²) in [6.07, 6.45) is 1.52. The fourth-order valence-electron chi connectivity index (χ4n) is 2.53. The summed E-state index contributed by atoms with van der Waals surface area (Å²) >= 11 is 0. The molecule has 0 unspecified atom stereocenters. The first-order chi connectivity index (χ1) is 11.7. The summed E-state index contributed by atoms with van der Waals surface area (Å²) in [6.45, 7) is 5.48. The van der Waals surface area contributed by atoms with E-state index in [-0.39, 0.29) is 12.5 Å². The van der Waals surface area contributed by atoms with Gasteiger partial charge in [-0.3, -0.25) is 9.59 Å². The SMILES string of the molecule is CCN(CC)C(=O)c1ccc(Cc2ccc(OCC=O)cc2)cc1. The lowest BCUT2D eigenvalue weighted by Gasteiger charge is -2.18. The zero-order valence-corrected chi connectivity index (χ0v) is 14.2. The van der Waals surface area contributed by atoms with Crippen LogP contribution in [0.25, 0.3) is 0 Å². The second-order valence-corrected chi connectivity index (χ2v) is 5.47. The van der Waals surface area contributed by atoms with Crippen LogP contribution in [0, 0.1) is 0 Å². The Balaban J connectivity index is 2.01. The number of aldehydes is 1. The smallest absolute Gasteiger partial charge is 0.253 e. The first-order valence-corrected chi connectivity index (χ1v) is 8.21. The number of nitrogens with zero attached hydrogens (tertiary/aromatic N) is 1. The van der Waals surface area contributed by atoms with Crippen LogP contribution in [0.1, 0.15) is 35.3 Å². The van der Waals surface area contributed by atoms with Crippen molar-refractivity contribution in [3.8, 4) is 5.75 Å². The molecule has 2 rings (SSSR count). The Morgan fingerprint density at radius 2 is 1.50 bits per heavy atom. The topological polar surface area (TPSA) is 46.6 Å². The van der Waals surface area contributed by atoms with Crippen LogP contribution in [-0.2, 0) is 11.2 Å². The van der Waals surface area contributed by atoms with Gasteiger partial charge in [0.1, 0.15) is 12.4 Å². The molecule has 2 aromatic rings. The second kappa shape index (κ2) is 8.87. The van der Waals surface area contributed by atoms with Gasteiger partial charge in [0.25, 0.3) is 5.91 Å². The van der Waals surface area contributed by atoms with Crippen molar-refractivity contribution in [2.45, 2.75) is 20.3 Å². The van der Waals surface area contributed by atoms with Crippen LogP contribution in [0.4, 0.5) is 0 Å². The minimum absolute atomic E-state index is 0.0708. The second-order valence-electron chi connectivity index (χ2n) is 5.47. The monoisotopic (exact) mass is 325 g/mol. The molecule has 0 bridgehead atoms. The van der Waals surface area contributed by atoms with E-state index in [0.29, 0.717) is 5.75 Å². The third kappa shape index (κ3) is 4.69. The molecule has 0 N–H and O–H groups in total. The molecule has 0 heterocycles. The van der Waals surface area contributed by atoms with Crippen molar-refractivity contribution in [1.29, 1.82) is 0 Å². The third-order valence-corrected chi connectivity index (χ3v) is 3.90. The van der Waals surface area contributed by atoms with Crippen LogP contribution >= 0.6 is 0 Å². The highest BCUT2D eigenvalue weighted by Gasteiger charge is 2.11. The number of benzene rings is 2. The fraction of sp³-hybridized carbons (Fsp3) is 0.300. The molecule has 0 aliphatic carbocycles. The molecule has 0 saturated carbocycles. The summed E-state index contributed by atoms with van der Waals surface area (Å²) in [7, 11) is 0. The average Bonchev–Trinajstić information content (AvgIpc) is 2.62. The van der Waals surface area contributed by atoms with Crippen LogP contribution in [0.2, 0.25) is 0 Å². The van der Waals surface area contributed by atoms with Crippen molar-refractivity contribution in [2.75, 3.05) is 19.7 Å². The van der Waals surface area contributed by atoms with E-state index in [1.807, 2.05) is 67.3 Å². The molecule has 0 atom stereocenters. The average molecular weight is 325 g/mol. The molecule has 0 saturated heterocycles. The van der Waals surface area contributed by atoms with Crippen LogP contribution in [0.15, 0.2) is 48.5 Å². The van der Waals surface area contributed by atoms with E-state index in [1.54, 1.807) is 0 Å². The van der Waals surface area contributed by atoms with Crippen LogP contribution in [0.5, 0.6) is 5.75 Å². The van der Waals surface area contributed by atoms with Gasteiger partial charge in [-0.1, -0.05) is 24.3 Å². The normalized spacial score (nSPS) is 10.2. The number of hydrogen-bond acceptors (Lipinski definition) is 3. The summed E-state index contributed by atoms with van der Waals surface area (Å²) in [5, 5.41) is 0. The van der Waals surface area contributed by atoms with Crippen molar-refractivity contribution >= 4 is 12.2 Å². The maximum Gasteiger partial charge on any atom is 0.253 e. The lowest BCUT2D eigenvalue weighted by Crippen LogP contribution is -2.30. The molecule has 0 aromatic heterocycles. The summed E-state index contributed by atoms with van der Waals surface area (Å²) in [5.41, 5.74) is 3.02. The molecule has 0 spiro atoms. The molecule has 0 aliphatic rings. The highest BCUT2D eigenvalue weighted by molar-refractivity contribution is 5.94. The van der Waals surface area contributed by atoms with E-state index >= 15 is 0 Å². The molecule has 4 nitrogen and oxygen atoms in total. The van der Waals surface area contributed by atoms with E-state index in [0.717, 1.165) is 42.5 Å². The van der Waals surface area contributed by atoms with Crippen LogP contribution < -0.4 is 4.74 Å². The van der Waals surface area contributed by atoms with E-state index in [1.165, 1.54) is 0 Å². The van der Waals surface area contributed by atoms with Gasteiger partial charge in [0.2, 0.25) is 0 Å². The zero-order chi connectivity index (χ0) is 17.4. The molecule has 4 heteroatoms. The van der Waals surface area contributed by atoms with Gasteiger partial charge in [0.05, 0.1) is 0 Å². The van der Waals surface area contributed by atoms with Gasteiger partial charge in [-0.05, 0) is 55.7 Å². The molecule has 1 amide bonds.